The van der Waals surface area contributed by atoms with E-state index in [1.54, 1.807) is 0 Å². The fourth-order valence-electron chi connectivity index (χ4n) is 3.71. The minimum absolute atomic E-state index is 0.207. The van der Waals surface area contributed by atoms with Crippen molar-refractivity contribution in [3.8, 4) is 0 Å². The van der Waals surface area contributed by atoms with Crippen LogP contribution in [-0.2, 0) is 4.79 Å². The fourth-order valence-corrected chi connectivity index (χ4v) is 3.71. The number of carbonyl (C=O) groups excluding carboxylic acids is 1. The zero-order valence-corrected chi connectivity index (χ0v) is 13.0. The van der Waals surface area contributed by atoms with E-state index >= 15 is 0 Å². The van der Waals surface area contributed by atoms with E-state index in [2.05, 4.69) is 37.9 Å². The van der Waals surface area contributed by atoms with Gasteiger partial charge in [0.2, 0.25) is 5.91 Å². The van der Waals surface area contributed by atoms with Gasteiger partial charge >= 0.3 is 0 Å². The van der Waals surface area contributed by atoms with Gasteiger partial charge < -0.3 is 4.90 Å². The summed E-state index contributed by atoms with van der Waals surface area (Å²) >= 11 is 0. The van der Waals surface area contributed by atoms with Crippen molar-refractivity contribution in [2.24, 2.45) is 11.8 Å². The summed E-state index contributed by atoms with van der Waals surface area (Å²) in [4.78, 5) is 15.0. The average molecular weight is 266 g/mol. The number of carbonyl (C=O) groups is 1. The van der Waals surface area contributed by atoms with Gasteiger partial charge in [0, 0.05) is 6.54 Å². The quantitative estimate of drug-likeness (QED) is 0.829. The molecule has 0 aromatic heterocycles. The Morgan fingerprint density at radius 1 is 1.26 bits per heavy atom. The van der Waals surface area contributed by atoms with E-state index in [1.807, 2.05) is 0 Å². The van der Waals surface area contributed by atoms with Crippen molar-refractivity contribution in [2.75, 3.05) is 6.54 Å². The van der Waals surface area contributed by atoms with Crippen LogP contribution in [0.15, 0.2) is 0 Å². The van der Waals surface area contributed by atoms with Crippen molar-refractivity contribution < 1.29 is 4.79 Å². The zero-order chi connectivity index (χ0) is 14.0. The minimum Gasteiger partial charge on any atom is -0.325 e. The molecule has 1 aliphatic carbocycles. The number of rotatable bonds is 5. The molecule has 0 bridgehead atoms. The van der Waals surface area contributed by atoms with E-state index in [1.165, 1.54) is 12.8 Å². The van der Waals surface area contributed by atoms with E-state index < -0.39 is 0 Å². The van der Waals surface area contributed by atoms with Crippen LogP contribution in [0.1, 0.15) is 66.2 Å². The Kier molecular flexibility index (Phi) is 4.54. The number of hydrogen-bond acceptors (Lipinski definition) is 2. The molecule has 2 rings (SSSR count). The van der Waals surface area contributed by atoms with E-state index in [9.17, 15) is 4.79 Å². The number of nitrogens with zero attached hydrogens (tertiary/aromatic N) is 1. The summed E-state index contributed by atoms with van der Waals surface area (Å²) in [5.41, 5.74) is -0.207. The first-order valence-electron chi connectivity index (χ1n) is 8.12. The fraction of sp³-hybridized carbons (Fsp3) is 0.938. The van der Waals surface area contributed by atoms with Crippen LogP contribution in [0, 0.1) is 11.8 Å². The normalized spacial score (nSPS) is 26.3. The maximum Gasteiger partial charge on any atom is 0.244 e. The van der Waals surface area contributed by atoms with Gasteiger partial charge in [-0.25, -0.2) is 0 Å². The molecule has 19 heavy (non-hydrogen) atoms. The van der Waals surface area contributed by atoms with Crippen molar-refractivity contribution >= 4 is 5.91 Å². The molecule has 1 aliphatic heterocycles. The van der Waals surface area contributed by atoms with Crippen molar-refractivity contribution in [3.05, 3.63) is 0 Å². The molecule has 1 atom stereocenters. The van der Waals surface area contributed by atoms with Crippen LogP contribution in [0.4, 0.5) is 0 Å². The molecular formula is C16H30N2O. The van der Waals surface area contributed by atoms with E-state index in [4.69, 9.17) is 0 Å². The molecule has 0 radical (unpaired) electrons. The Hall–Kier alpha value is -0.570. The van der Waals surface area contributed by atoms with Gasteiger partial charge in [-0.2, -0.15) is 0 Å². The Morgan fingerprint density at radius 2 is 1.84 bits per heavy atom. The summed E-state index contributed by atoms with van der Waals surface area (Å²) in [5, 5.41) is 3.70. The third-order valence-corrected chi connectivity index (χ3v) is 5.13. The maximum absolute atomic E-state index is 12.9. The summed E-state index contributed by atoms with van der Waals surface area (Å²) in [7, 11) is 0. The van der Waals surface area contributed by atoms with Crippen molar-refractivity contribution in [1.82, 2.24) is 10.2 Å². The van der Waals surface area contributed by atoms with E-state index in [-0.39, 0.29) is 11.7 Å². The molecule has 1 heterocycles. The van der Waals surface area contributed by atoms with Gasteiger partial charge in [0.1, 0.15) is 0 Å². The molecule has 1 saturated carbocycles. The topological polar surface area (TPSA) is 32.3 Å². The van der Waals surface area contributed by atoms with Gasteiger partial charge in [0.15, 0.2) is 0 Å². The Labute approximate surface area is 118 Å². The molecular weight excluding hydrogens is 236 g/mol. The third kappa shape index (κ3) is 2.67. The summed E-state index contributed by atoms with van der Waals surface area (Å²) in [6.07, 6.45) is 7.04. The summed E-state index contributed by atoms with van der Waals surface area (Å²) in [6, 6.07) is 0. The van der Waals surface area contributed by atoms with Crippen LogP contribution in [0.2, 0.25) is 0 Å². The second kappa shape index (κ2) is 5.82. The smallest absolute Gasteiger partial charge is 0.244 e. The SMILES string of the molecule is CCC(CC)CN1C(=O)C2(CCCC2)NC1C(C)C. The van der Waals surface area contributed by atoms with Crippen LogP contribution in [-0.4, -0.2) is 29.1 Å². The monoisotopic (exact) mass is 266 g/mol. The predicted molar refractivity (Wildman–Crippen MR) is 78.7 cm³/mol. The third-order valence-electron chi connectivity index (χ3n) is 5.13. The molecule has 2 fully saturated rings. The number of amides is 1. The highest BCUT2D eigenvalue weighted by atomic mass is 16.2. The second-order valence-corrected chi connectivity index (χ2v) is 6.76. The predicted octanol–water partition coefficient (Wildman–Crippen LogP) is 3.15. The van der Waals surface area contributed by atoms with Crippen LogP contribution in [0.25, 0.3) is 0 Å². The lowest BCUT2D eigenvalue weighted by Crippen LogP contribution is -2.45. The lowest BCUT2D eigenvalue weighted by Gasteiger charge is -2.30. The van der Waals surface area contributed by atoms with Crippen molar-refractivity contribution in [1.29, 1.82) is 0 Å². The Bertz CT molecular complexity index is 317. The summed E-state index contributed by atoms with van der Waals surface area (Å²) in [5.74, 6) is 1.51. The summed E-state index contributed by atoms with van der Waals surface area (Å²) in [6.45, 7) is 9.84. The largest absolute Gasteiger partial charge is 0.325 e. The molecule has 110 valence electrons. The molecule has 3 nitrogen and oxygen atoms in total. The van der Waals surface area contributed by atoms with Crippen LogP contribution < -0.4 is 5.32 Å². The lowest BCUT2D eigenvalue weighted by atomic mass is 9.97. The second-order valence-electron chi connectivity index (χ2n) is 6.76. The number of hydrogen-bond donors (Lipinski definition) is 1. The van der Waals surface area contributed by atoms with Crippen molar-refractivity contribution in [3.63, 3.8) is 0 Å². The van der Waals surface area contributed by atoms with E-state index in [0.29, 0.717) is 17.7 Å². The Morgan fingerprint density at radius 3 is 2.32 bits per heavy atom. The Balaban J connectivity index is 2.16. The number of nitrogens with one attached hydrogen (secondary N) is 1. The van der Waals surface area contributed by atoms with Gasteiger partial charge in [-0.1, -0.05) is 53.4 Å². The molecule has 3 heteroatoms. The molecule has 0 aromatic carbocycles. The first kappa shape index (κ1) is 14.8. The van der Waals surface area contributed by atoms with Gasteiger partial charge in [-0.05, 0) is 24.7 Å². The zero-order valence-electron chi connectivity index (χ0n) is 13.0. The van der Waals surface area contributed by atoms with Gasteiger partial charge in [0.05, 0.1) is 11.7 Å². The molecule has 1 amide bonds. The first-order valence-corrected chi connectivity index (χ1v) is 8.12. The lowest BCUT2D eigenvalue weighted by molar-refractivity contribution is -0.134. The van der Waals surface area contributed by atoms with Gasteiger partial charge in [-0.3, -0.25) is 10.1 Å². The minimum atomic E-state index is -0.207. The molecule has 1 unspecified atom stereocenters. The van der Waals surface area contributed by atoms with Crippen LogP contribution in [0.5, 0.6) is 0 Å². The highest BCUT2D eigenvalue weighted by Crippen LogP contribution is 2.38. The molecule has 2 aliphatic rings. The van der Waals surface area contributed by atoms with E-state index in [0.717, 1.165) is 32.2 Å². The highest BCUT2D eigenvalue weighted by molar-refractivity contribution is 5.89. The molecule has 1 spiro atoms. The van der Waals surface area contributed by atoms with Crippen LogP contribution >= 0.6 is 0 Å². The molecule has 1 saturated heterocycles. The first-order chi connectivity index (χ1) is 9.04. The van der Waals surface area contributed by atoms with Gasteiger partial charge in [0.25, 0.3) is 0 Å². The standard InChI is InChI=1S/C16H30N2O/c1-5-13(6-2)11-18-14(12(3)4)17-16(15(18)19)9-7-8-10-16/h12-14,17H,5-11H2,1-4H3. The maximum atomic E-state index is 12.9. The molecule has 1 N–H and O–H groups in total. The highest BCUT2D eigenvalue weighted by Gasteiger charge is 2.52. The van der Waals surface area contributed by atoms with Crippen molar-refractivity contribution in [2.45, 2.75) is 77.9 Å². The molecule has 0 aromatic rings. The summed E-state index contributed by atoms with van der Waals surface area (Å²) < 4.78 is 0. The average Bonchev–Trinajstić information content (AvgIpc) is 2.96. The van der Waals surface area contributed by atoms with Gasteiger partial charge in [-0.15, -0.1) is 0 Å². The van der Waals surface area contributed by atoms with Crippen LogP contribution in [0.3, 0.4) is 0 Å².